The van der Waals surface area contributed by atoms with Gasteiger partial charge in [0.2, 0.25) is 5.88 Å². The van der Waals surface area contributed by atoms with Gasteiger partial charge in [0, 0.05) is 20.0 Å². The van der Waals surface area contributed by atoms with Gasteiger partial charge in [-0.25, -0.2) is 4.79 Å². The smallest absolute Gasteiger partial charge is 0.331 e. The minimum Gasteiger partial charge on any atom is -0.494 e. The van der Waals surface area contributed by atoms with E-state index in [4.69, 9.17) is 9.47 Å². The molecule has 0 bridgehead atoms. The molecule has 0 saturated carbocycles. The first-order valence-electron chi connectivity index (χ1n) is 8.60. The number of aromatic hydroxyl groups is 1. The van der Waals surface area contributed by atoms with Crippen LogP contribution in [0.2, 0.25) is 0 Å². The molecule has 0 amide bonds. The van der Waals surface area contributed by atoms with Crippen molar-refractivity contribution < 1.29 is 14.6 Å². The topological polar surface area (TPSA) is 109 Å². The molecule has 2 N–H and O–H groups in total. The molecule has 0 unspecified atom stereocenters. The third kappa shape index (κ3) is 3.26. The Labute approximate surface area is 161 Å². The highest BCUT2D eigenvalue weighted by Crippen LogP contribution is 2.36. The van der Waals surface area contributed by atoms with E-state index >= 15 is 0 Å². The molecule has 2 aromatic rings. The fourth-order valence-electron chi connectivity index (χ4n) is 3.28. The lowest BCUT2D eigenvalue weighted by Gasteiger charge is -2.20. The molecule has 3 rings (SSSR count). The van der Waals surface area contributed by atoms with E-state index in [0.29, 0.717) is 23.6 Å². The van der Waals surface area contributed by atoms with Gasteiger partial charge in [-0.15, -0.1) is 6.58 Å². The number of H-pyrrole nitrogens is 1. The van der Waals surface area contributed by atoms with Gasteiger partial charge in [0.15, 0.2) is 11.5 Å². The van der Waals surface area contributed by atoms with Crippen LogP contribution in [0.4, 0.5) is 0 Å². The largest absolute Gasteiger partial charge is 0.494 e. The van der Waals surface area contributed by atoms with Crippen LogP contribution in [0.1, 0.15) is 23.6 Å². The van der Waals surface area contributed by atoms with Crippen LogP contribution in [-0.2, 0) is 6.54 Å². The van der Waals surface area contributed by atoms with Crippen LogP contribution in [-0.4, -0.2) is 46.6 Å². The molecule has 0 spiro atoms. The van der Waals surface area contributed by atoms with Crippen molar-refractivity contribution in [1.29, 1.82) is 0 Å². The Bertz CT molecular complexity index is 1050. The van der Waals surface area contributed by atoms with E-state index in [2.05, 4.69) is 16.7 Å². The summed E-state index contributed by atoms with van der Waals surface area (Å²) in [4.78, 5) is 26.5. The van der Waals surface area contributed by atoms with Gasteiger partial charge in [0.05, 0.1) is 26.0 Å². The van der Waals surface area contributed by atoms with Gasteiger partial charge in [-0.1, -0.05) is 12.1 Å². The van der Waals surface area contributed by atoms with Crippen molar-refractivity contribution in [2.45, 2.75) is 19.0 Å². The van der Waals surface area contributed by atoms with Crippen molar-refractivity contribution in [2.75, 3.05) is 21.3 Å². The highest BCUT2D eigenvalue weighted by atomic mass is 16.5. The first-order valence-corrected chi connectivity index (χ1v) is 8.60. The third-order valence-electron chi connectivity index (χ3n) is 4.68. The number of nitrogens with zero attached hydrogens (tertiary/aromatic N) is 3. The average molecular weight is 386 g/mol. The predicted octanol–water partition coefficient (Wildman–Crippen LogP) is 1.23. The molecule has 1 aromatic carbocycles. The average Bonchev–Trinajstić information content (AvgIpc) is 3.05. The normalized spacial score (nSPS) is 16.0. The summed E-state index contributed by atoms with van der Waals surface area (Å²) < 4.78 is 11.7. The van der Waals surface area contributed by atoms with Crippen LogP contribution < -0.4 is 20.7 Å². The van der Waals surface area contributed by atoms with E-state index in [1.54, 1.807) is 32.3 Å². The van der Waals surface area contributed by atoms with Crippen molar-refractivity contribution in [2.24, 2.45) is 5.10 Å². The zero-order valence-electron chi connectivity index (χ0n) is 15.9. The summed E-state index contributed by atoms with van der Waals surface area (Å²) >= 11 is 0. The summed E-state index contributed by atoms with van der Waals surface area (Å²) in [5.74, 6) is 0.773. The Balaban J connectivity index is 1.99. The fraction of sp³-hybridized carbons (Fsp3) is 0.316. The SMILES string of the molecule is C=CCn1c(O)c(C2=NN(C)[C@H](c3ccc(OC)c(OC)c3)C2)c(=O)[nH]c1=O. The molecule has 1 aromatic heterocycles. The molecule has 0 fully saturated rings. The molecule has 9 heteroatoms. The lowest BCUT2D eigenvalue weighted by atomic mass is 9.99. The van der Waals surface area contributed by atoms with E-state index in [-0.39, 0.29) is 18.2 Å². The summed E-state index contributed by atoms with van der Waals surface area (Å²) in [7, 11) is 4.90. The second-order valence-electron chi connectivity index (χ2n) is 6.31. The maximum Gasteiger partial charge on any atom is 0.331 e. The molecular formula is C19H22N4O5. The van der Waals surface area contributed by atoms with Crippen LogP contribution >= 0.6 is 0 Å². The highest BCUT2D eigenvalue weighted by molar-refractivity contribution is 6.03. The Morgan fingerprint density at radius 2 is 2.04 bits per heavy atom. The molecule has 0 radical (unpaired) electrons. The van der Waals surface area contributed by atoms with Crippen LogP contribution in [0.15, 0.2) is 45.5 Å². The molecule has 9 nitrogen and oxygen atoms in total. The Morgan fingerprint density at radius 1 is 1.32 bits per heavy atom. The van der Waals surface area contributed by atoms with Gasteiger partial charge in [0.1, 0.15) is 5.56 Å². The van der Waals surface area contributed by atoms with E-state index in [0.717, 1.165) is 10.1 Å². The minimum absolute atomic E-state index is 0.0173. The molecule has 28 heavy (non-hydrogen) atoms. The van der Waals surface area contributed by atoms with Crippen LogP contribution in [0.25, 0.3) is 0 Å². The number of benzene rings is 1. The third-order valence-corrected chi connectivity index (χ3v) is 4.68. The molecule has 2 heterocycles. The Hall–Kier alpha value is -3.49. The van der Waals surface area contributed by atoms with Crippen molar-refractivity contribution in [3.8, 4) is 17.4 Å². The predicted molar refractivity (Wildman–Crippen MR) is 104 cm³/mol. The molecular weight excluding hydrogens is 364 g/mol. The van der Waals surface area contributed by atoms with Crippen molar-refractivity contribution >= 4 is 5.71 Å². The first kappa shape index (κ1) is 19.3. The molecule has 0 saturated heterocycles. The Kier molecular flexibility index (Phi) is 5.25. The van der Waals surface area contributed by atoms with Gasteiger partial charge < -0.3 is 14.6 Å². The van der Waals surface area contributed by atoms with E-state index in [1.807, 2.05) is 12.1 Å². The fourth-order valence-corrected chi connectivity index (χ4v) is 3.28. The number of hydrogen-bond acceptors (Lipinski definition) is 7. The number of methoxy groups -OCH3 is 2. The molecule has 1 atom stereocenters. The standard InChI is InChI=1S/C19H22N4O5/c1-5-8-23-18(25)16(17(24)20-19(23)26)12-10-13(22(2)21-12)11-6-7-14(27-3)15(9-11)28-4/h5-7,9,13,25H,1,8,10H2,2-4H3,(H,20,24,26)/t13-/m0/s1. The highest BCUT2D eigenvalue weighted by Gasteiger charge is 2.31. The van der Waals surface area contributed by atoms with Crippen LogP contribution in [0, 0.1) is 0 Å². The van der Waals surface area contributed by atoms with E-state index in [9.17, 15) is 14.7 Å². The number of hydrogen-bond donors (Lipinski definition) is 2. The number of hydrazone groups is 1. The summed E-state index contributed by atoms with van der Waals surface area (Å²) in [5.41, 5.74) is -0.0955. The van der Waals surface area contributed by atoms with Gasteiger partial charge >= 0.3 is 5.69 Å². The molecule has 1 aliphatic heterocycles. The monoisotopic (exact) mass is 386 g/mol. The van der Waals surface area contributed by atoms with Gasteiger partial charge in [-0.3, -0.25) is 19.4 Å². The van der Waals surface area contributed by atoms with Gasteiger partial charge in [-0.05, 0) is 17.7 Å². The van der Waals surface area contributed by atoms with Crippen molar-refractivity contribution in [3.63, 3.8) is 0 Å². The number of rotatable bonds is 6. The zero-order valence-corrected chi connectivity index (χ0v) is 15.9. The maximum absolute atomic E-state index is 12.3. The lowest BCUT2D eigenvalue weighted by molar-refractivity contribution is 0.288. The first-order chi connectivity index (χ1) is 13.4. The number of ether oxygens (including phenoxy) is 2. The van der Waals surface area contributed by atoms with E-state index < -0.39 is 17.1 Å². The summed E-state index contributed by atoms with van der Waals surface area (Å²) in [6, 6.07) is 5.37. The summed E-state index contributed by atoms with van der Waals surface area (Å²) in [6.45, 7) is 3.62. The van der Waals surface area contributed by atoms with Crippen LogP contribution in [0.5, 0.6) is 17.4 Å². The number of allylic oxidation sites excluding steroid dienone is 1. The molecule has 0 aliphatic carbocycles. The van der Waals surface area contributed by atoms with Crippen molar-refractivity contribution in [1.82, 2.24) is 14.6 Å². The number of aromatic amines is 1. The Morgan fingerprint density at radius 3 is 2.68 bits per heavy atom. The number of nitrogens with one attached hydrogen (secondary N) is 1. The lowest BCUT2D eigenvalue weighted by Crippen LogP contribution is -2.33. The van der Waals surface area contributed by atoms with E-state index in [1.165, 1.54) is 6.08 Å². The van der Waals surface area contributed by atoms with Crippen molar-refractivity contribution in [3.05, 3.63) is 62.8 Å². The number of aromatic nitrogens is 2. The van der Waals surface area contributed by atoms with Crippen LogP contribution in [0.3, 0.4) is 0 Å². The zero-order chi connectivity index (χ0) is 20.4. The van der Waals surface area contributed by atoms with Gasteiger partial charge in [-0.2, -0.15) is 5.10 Å². The second-order valence-corrected chi connectivity index (χ2v) is 6.31. The minimum atomic E-state index is -0.699. The second kappa shape index (κ2) is 7.63. The maximum atomic E-state index is 12.3. The quantitative estimate of drug-likeness (QED) is 0.723. The summed E-state index contributed by atoms with van der Waals surface area (Å²) in [6.07, 6.45) is 1.83. The van der Waals surface area contributed by atoms with Gasteiger partial charge in [0.25, 0.3) is 5.56 Å². The molecule has 148 valence electrons. The molecule has 1 aliphatic rings. The summed E-state index contributed by atoms with van der Waals surface area (Å²) in [5, 5.41) is 16.6.